The van der Waals surface area contributed by atoms with Crippen LogP contribution < -0.4 is 5.32 Å². The zero-order valence-corrected chi connectivity index (χ0v) is 5.64. The second-order valence-electron chi connectivity index (χ2n) is 2.32. The molecule has 1 aliphatic rings. The van der Waals surface area contributed by atoms with Gasteiger partial charge in [-0.2, -0.15) is 0 Å². The van der Waals surface area contributed by atoms with Crippen molar-refractivity contribution >= 4 is 0 Å². The summed E-state index contributed by atoms with van der Waals surface area (Å²) >= 11 is 0. The number of hydrogen-bond acceptors (Lipinski definition) is 3. The molecule has 1 saturated heterocycles. The fourth-order valence-corrected chi connectivity index (χ4v) is 1.08. The van der Waals surface area contributed by atoms with E-state index in [1.165, 1.54) is 0 Å². The molecule has 0 atom stereocenters. The van der Waals surface area contributed by atoms with E-state index in [9.17, 15) is 0 Å². The zero-order chi connectivity index (χ0) is 6.53. The second-order valence-corrected chi connectivity index (χ2v) is 2.32. The van der Waals surface area contributed by atoms with Crippen molar-refractivity contribution in [3.63, 3.8) is 0 Å². The summed E-state index contributed by atoms with van der Waals surface area (Å²) in [5, 5.41) is 11.8. The molecule has 0 saturated carbocycles. The largest absolute Gasteiger partial charge is 0.395 e. The number of nitrogens with zero attached hydrogens (tertiary/aromatic N) is 1. The summed E-state index contributed by atoms with van der Waals surface area (Å²) in [5.74, 6) is 0. The smallest absolute Gasteiger partial charge is 0.0558 e. The molecule has 3 nitrogen and oxygen atoms in total. The Morgan fingerprint density at radius 2 is 2.56 bits per heavy atom. The Balaban J connectivity index is 2.08. The summed E-state index contributed by atoms with van der Waals surface area (Å²) in [6, 6.07) is 0. The molecular weight excluding hydrogens is 118 g/mol. The average molecular weight is 132 g/mol. The molecule has 9 heavy (non-hydrogen) atoms. The number of β-amino-alcohol motifs (C(OH)–C–C–N with tert-alkyl or cyclic N) is 1. The first-order chi connectivity index (χ1) is 4.43. The normalized spacial score (nSPS) is 22.3. The number of nitrogens with one attached hydrogen (secondary N) is 1. The number of hydrogen-bond donors (Lipinski definition) is 2. The molecule has 1 fully saturated rings. The molecule has 0 spiro atoms. The lowest BCUT2D eigenvalue weighted by Gasteiger charge is -2.25. The van der Waals surface area contributed by atoms with E-state index in [1.807, 2.05) is 0 Å². The van der Waals surface area contributed by atoms with Gasteiger partial charge in [-0.3, -0.25) is 4.90 Å². The van der Waals surface area contributed by atoms with Crippen molar-refractivity contribution in [1.82, 2.24) is 10.2 Å². The topological polar surface area (TPSA) is 35.5 Å². The Kier molecular flexibility index (Phi) is 2.97. The number of rotatable bonds is 2. The molecule has 0 bridgehead atoms. The van der Waals surface area contributed by atoms with Crippen LogP contribution in [0.1, 0.15) is 0 Å². The van der Waals surface area contributed by atoms with Gasteiger partial charge in [-0.15, -0.1) is 0 Å². The van der Waals surface area contributed by atoms with Crippen LogP contribution >= 0.6 is 0 Å². The van der Waals surface area contributed by atoms with Crippen molar-refractivity contribution in [1.29, 1.82) is 0 Å². The van der Waals surface area contributed by atoms with Crippen molar-refractivity contribution in [3.05, 3.63) is 0 Å². The van der Waals surface area contributed by atoms with E-state index < -0.39 is 0 Å². The summed E-state index contributed by atoms with van der Waals surface area (Å²) < 4.78 is 0. The first-order valence-electron chi connectivity index (χ1n) is 3.47. The highest BCUT2D eigenvalue weighted by Gasteiger charge is 2.06. The second kappa shape index (κ2) is 3.82. The zero-order valence-electron chi connectivity index (χ0n) is 5.64. The van der Waals surface area contributed by atoms with Gasteiger partial charge in [0.05, 0.1) is 6.61 Å². The molecule has 0 unspecified atom stereocenters. The van der Waals surface area contributed by atoms with Gasteiger partial charge in [0.2, 0.25) is 0 Å². The van der Waals surface area contributed by atoms with Crippen LogP contribution in [0.2, 0.25) is 0 Å². The van der Waals surface area contributed by atoms with E-state index in [0.717, 1.165) is 32.7 Å². The Morgan fingerprint density at radius 3 is 3.11 bits per heavy atom. The molecule has 1 rings (SSSR count). The highest BCUT2D eigenvalue weighted by Crippen LogP contribution is 1.88. The fraction of sp³-hybridized carbons (Fsp3) is 1.00. The van der Waals surface area contributed by atoms with Gasteiger partial charge in [0.15, 0.2) is 0 Å². The number of aliphatic hydroxyl groups is 1. The molecule has 0 aromatic carbocycles. The van der Waals surface area contributed by atoms with Crippen LogP contribution in [0.15, 0.2) is 0 Å². The maximum Gasteiger partial charge on any atom is 0.0558 e. The Bertz CT molecular complexity index is 68.7. The van der Waals surface area contributed by atoms with Crippen LogP contribution in [0.3, 0.4) is 0 Å². The van der Waals surface area contributed by atoms with Gasteiger partial charge in [-0.1, -0.05) is 0 Å². The lowest BCUT2D eigenvalue weighted by molar-refractivity contribution is 0.180. The minimum absolute atomic E-state index is 0.292. The summed E-state index contributed by atoms with van der Waals surface area (Å²) in [7, 11) is 0. The lowest BCUT2D eigenvalue weighted by Crippen LogP contribution is -2.44. The molecule has 0 aromatic heterocycles. The summed E-state index contributed by atoms with van der Waals surface area (Å²) in [5.41, 5.74) is 0. The van der Waals surface area contributed by atoms with Crippen LogP contribution in [0.4, 0.5) is 0 Å². The van der Waals surface area contributed by atoms with Crippen molar-refractivity contribution < 1.29 is 5.11 Å². The molecule has 2 N–H and O–H groups in total. The predicted molar refractivity (Wildman–Crippen MR) is 36.4 cm³/mol. The highest BCUT2D eigenvalue weighted by atomic mass is 16.3. The summed E-state index contributed by atoms with van der Waals surface area (Å²) in [4.78, 5) is 2.26. The van der Waals surface area contributed by atoms with Crippen molar-refractivity contribution in [2.45, 2.75) is 0 Å². The van der Waals surface area contributed by atoms with Gasteiger partial charge >= 0.3 is 0 Å². The van der Waals surface area contributed by atoms with E-state index in [-0.39, 0.29) is 0 Å². The molecule has 54 valence electrons. The van der Waals surface area contributed by atoms with Crippen LogP contribution in [0, 0.1) is 0 Å². The van der Waals surface area contributed by atoms with E-state index in [1.54, 1.807) is 0 Å². The third-order valence-corrected chi connectivity index (χ3v) is 1.63. The molecular formula is C6H14N2O. The van der Waals surface area contributed by atoms with E-state index >= 15 is 0 Å². The van der Waals surface area contributed by atoms with E-state index in [2.05, 4.69) is 10.2 Å². The molecule has 1 heterocycles. The van der Waals surface area contributed by atoms with Gasteiger partial charge in [-0.05, 0) is 0 Å². The van der Waals surface area contributed by atoms with Gasteiger partial charge in [0, 0.05) is 32.7 Å². The monoisotopic (exact) mass is 132 g/mol. The van der Waals surface area contributed by atoms with Gasteiger partial charge < -0.3 is 10.4 Å². The minimum Gasteiger partial charge on any atom is -0.395 e. The third kappa shape index (κ3) is 2.30. The number of piperazine rings is 1. The fourth-order valence-electron chi connectivity index (χ4n) is 1.08. The van der Waals surface area contributed by atoms with E-state index in [0.29, 0.717) is 6.61 Å². The molecule has 3 heteroatoms. The quantitative estimate of drug-likeness (QED) is 0.500. The van der Waals surface area contributed by atoms with Crippen molar-refractivity contribution in [2.24, 2.45) is 0 Å². The third-order valence-electron chi connectivity index (χ3n) is 1.63. The van der Waals surface area contributed by atoms with Crippen LogP contribution in [-0.2, 0) is 0 Å². The summed E-state index contributed by atoms with van der Waals surface area (Å²) in [6.07, 6.45) is 0. The minimum atomic E-state index is 0.292. The Hall–Kier alpha value is -0.120. The average Bonchev–Trinajstić information content (AvgIpc) is 1.91. The van der Waals surface area contributed by atoms with Crippen molar-refractivity contribution in [3.8, 4) is 0 Å². The standard InChI is InChI=1S/C6H14N2O/c9-6-5-8-3-1-7-2-4-8/h7,9H,1-6H2/i3+2. The lowest BCUT2D eigenvalue weighted by atomic mass is 10.5. The highest BCUT2D eigenvalue weighted by molar-refractivity contribution is 4.66. The molecule has 0 aliphatic carbocycles. The summed E-state index contributed by atoms with van der Waals surface area (Å²) in [6.45, 7) is 5.43. The van der Waals surface area contributed by atoms with Crippen LogP contribution in [0.5, 0.6) is 0 Å². The van der Waals surface area contributed by atoms with Gasteiger partial charge in [0.25, 0.3) is 0 Å². The molecule has 0 radical (unpaired) electrons. The van der Waals surface area contributed by atoms with E-state index in [4.69, 9.17) is 5.11 Å². The Morgan fingerprint density at radius 1 is 1.67 bits per heavy atom. The molecule has 0 amide bonds. The maximum atomic E-state index is 8.56. The number of aliphatic hydroxyl groups excluding tert-OH is 1. The van der Waals surface area contributed by atoms with Gasteiger partial charge in [0.1, 0.15) is 0 Å². The van der Waals surface area contributed by atoms with Gasteiger partial charge in [-0.25, -0.2) is 0 Å². The van der Waals surface area contributed by atoms with Crippen LogP contribution in [0.25, 0.3) is 0 Å². The maximum absolute atomic E-state index is 8.56. The van der Waals surface area contributed by atoms with Crippen LogP contribution in [-0.4, -0.2) is 49.3 Å². The molecule has 1 aliphatic heterocycles. The Labute approximate surface area is 55.7 Å². The first-order valence-corrected chi connectivity index (χ1v) is 3.47. The van der Waals surface area contributed by atoms with Crippen molar-refractivity contribution in [2.75, 3.05) is 39.3 Å². The first kappa shape index (κ1) is 6.99. The predicted octanol–water partition coefficient (Wildman–Crippen LogP) is -1.12. The SMILES string of the molecule is OCCN1CCNC[14CH2]1. The molecule has 0 aromatic rings.